The molecule has 7 nitrogen and oxygen atoms in total. The van der Waals surface area contributed by atoms with Crippen LogP contribution < -0.4 is 5.32 Å². The van der Waals surface area contributed by atoms with Gasteiger partial charge < -0.3 is 10.4 Å². The summed E-state index contributed by atoms with van der Waals surface area (Å²) in [6.45, 7) is 0. The fourth-order valence-corrected chi connectivity index (χ4v) is 3.83. The Morgan fingerprint density at radius 2 is 1.52 bits per heavy atom. The summed E-state index contributed by atoms with van der Waals surface area (Å²) in [5.74, 6) is -2.43. The molecular formula is C22H16N2O5. The van der Waals surface area contributed by atoms with Gasteiger partial charge in [-0.15, -0.1) is 0 Å². The quantitative estimate of drug-likeness (QED) is 0.513. The Morgan fingerprint density at radius 3 is 2.07 bits per heavy atom. The van der Waals surface area contributed by atoms with E-state index in [9.17, 15) is 24.8 Å². The van der Waals surface area contributed by atoms with E-state index in [1.54, 1.807) is 0 Å². The molecule has 3 aromatic carbocycles. The molecule has 0 aromatic heterocycles. The number of carboxylic acid groups (broad SMARTS) is 1. The molecular weight excluding hydrogens is 372 g/mol. The van der Waals surface area contributed by atoms with Gasteiger partial charge >= 0.3 is 5.97 Å². The Balaban J connectivity index is 1.72. The number of fused-ring (bicyclic) bond motifs is 3. The van der Waals surface area contributed by atoms with E-state index in [0.717, 1.165) is 28.3 Å². The Kier molecular flexibility index (Phi) is 4.56. The van der Waals surface area contributed by atoms with E-state index >= 15 is 0 Å². The molecule has 1 atom stereocenters. The van der Waals surface area contributed by atoms with Crippen LogP contribution >= 0.6 is 0 Å². The molecule has 3 aromatic rings. The molecule has 0 bridgehead atoms. The first kappa shape index (κ1) is 18.4. The molecule has 0 spiro atoms. The topological polar surface area (TPSA) is 110 Å². The Labute approximate surface area is 165 Å². The molecule has 0 heterocycles. The van der Waals surface area contributed by atoms with Gasteiger partial charge in [0.15, 0.2) is 0 Å². The molecule has 1 aliphatic carbocycles. The number of benzene rings is 3. The van der Waals surface area contributed by atoms with Crippen LogP contribution in [0.2, 0.25) is 0 Å². The van der Waals surface area contributed by atoms with E-state index in [-0.39, 0.29) is 11.3 Å². The maximum atomic E-state index is 12.7. The molecule has 0 unspecified atom stereocenters. The van der Waals surface area contributed by atoms with E-state index in [1.807, 2.05) is 48.5 Å². The van der Waals surface area contributed by atoms with Crippen molar-refractivity contribution in [2.45, 2.75) is 12.0 Å². The van der Waals surface area contributed by atoms with E-state index in [4.69, 9.17) is 0 Å². The average molecular weight is 388 g/mol. The molecule has 4 rings (SSSR count). The zero-order valence-corrected chi connectivity index (χ0v) is 15.1. The van der Waals surface area contributed by atoms with Crippen molar-refractivity contribution in [3.05, 3.63) is 99.6 Å². The Hall–Kier alpha value is -4.00. The van der Waals surface area contributed by atoms with Crippen molar-refractivity contribution < 1.29 is 19.6 Å². The number of hydrogen-bond acceptors (Lipinski definition) is 4. The lowest BCUT2D eigenvalue weighted by molar-refractivity contribution is -0.384. The van der Waals surface area contributed by atoms with Crippen molar-refractivity contribution in [3.8, 4) is 11.1 Å². The summed E-state index contributed by atoms with van der Waals surface area (Å²) in [4.78, 5) is 35.2. The number of nitro groups is 1. The van der Waals surface area contributed by atoms with Gasteiger partial charge in [-0.2, -0.15) is 0 Å². The fraction of sp³-hybridized carbons (Fsp3) is 0.0909. The molecule has 0 radical (unpaired) electrons. The predicted molar refractivity (Wildman–Crippen MR) is 106 cm³/mol. The minimum absolute atomic E-state index is 0.0324. The van der Waals surface area contributed by atoms with Gasteiger partial charge in [-0.05, 0) is 28.3 Å². The van der Waals surface area contributed by atoms with Crippen molar-refractivity contribution in [3.63, 3.8) is 0 Å². The molecule has 1 aliphatic rings. The number of non-ortho nitro benzene ring substituents is 1. The molecule has 0 saturated carbocycles. The smallest absolute Gasteiger partial charge is 0.327 e. The minimum atomic E-state index is -1.23. The third-order valence-electron chi connectivity index (χ3n) is 5.09. The zero-order chi connectivity index (χ0) is 20.5. The van der Waals surface area contributed by atoms with Crippen LogP contribution in [0.1, 0.15) is 27.4 Å². The first-order chi connectivity index (χ1) is 14.0. The van der Waals surface area contributed by atoms with Crippen LogP contribution in [0.5, 0.6) is 0 Å². The van der Waals surface area contributed by atoms with Crippen molar-refractivity contribution in [2.24, 2.45) is 0 Å². The van der Waals surface area contributed by atoms with Gasteiger partial charge in [-0.1, -0.05) is 54.6 Å². The minimum Gasteiger partial charge on any atom is -0.480 e. The molecule has 7 heteroatoms. The number of carboxylic acids is 1. The van der Waals surface area contributed by atoms with Crippen LogP contribution in [-0.4, -0.2) is 27.9 Å². The summed E-state index contributed by atoms with van der Waals surface area (Å²) in [6, 6.07) is 19.0. The maximum absolute atomic E-state index is 12.7. The number of carbonyl (C=O) groups excluding carboxylic acids is 1. The van der Waals surface area contributed by atoms with Gasteiger partial charge in [0.25, 0.3) is 11.6 Å². The first-order valence-electron chi connectivity index (χ1n) is 8.93. The lowest BCUT2D eigenvalue weighted by atomic mass is 9.89. The number of nitro benzene ring substituents is 1. The summed E-state index contributed by atoms with van der Waals surface area (Å²) < 4.78 is 0. The van der Waals surface area contributed by atoms with E-state index in [1.165, 1.54) is 18.2 Å². The summed E-state index contributed by atoms with van der Waals surface area (Å²) in [5.41, 5.74) is 3.31. The summed E-state index contributed by atoms with van der Waals surface area (Å²) in [7, 11) is 0. The number of nitrogens with one attached hydrogen (secondary N) is 1. The number of amides is 1. The van der Waals surface area contributed by atoms with E-state index in [0.29, 0.717) is 0 Å². The maximum Gasteiger partial charge on any atom is 0.327 e. The highest BCUT2D eigenvalue weighted by Crippen LogP contribution is 2.46. The zero-order valence-electron chi connectivity index (χ0n) is 15.1. The molecule has 0 fully saturated rings. The summed E-state index contributed by atoms with van der Waals surface area (Å²) in [5, 5.41) is 23.4. The number of carbonyl (C=O) groups is 2. The van der Waals surface area contributed by atoms with Gasteiger partial charge in [0.05, 0.1) is 4.92 Å². The van der Waals surface area contributed by atoms with Gasteiger partial charge in [-0.3, -0.25) is 14.9 Å². The number of rotatable bonds is 5. The predicted octanol–water partition coefficient (Wildman–Crippen LogP) is 3.59. The number of nitrogens with zero attached hydrogens (tertiary/aromatic N) is 1. The highest BCUT2D eigenvalue weighted by atomic mass is 16.6. The molecule has 144 valence electrons. The number of aliphatic carboxylic acids is 1. The van der Waals surface area contributed by atoms with Crippen molar-refractivity contribution in [2.75, 3.05) is 0 Å². The van der Waals surface area contributed by atoms with Crippen LogP contribution in [0.3, 0.4) is 0 Å². The third-order valence-corrected chi connectivity index (χ3v) is 5.09. The fourth-order valence-electron chi connectivity index (χ4n) is 3.83. The van der Waals surface area contributed by atoms with Crippen molar-refractivity contribution >= 4 is 17.6 Å². The highest BCUT2D eigenvalue weighted by Gasteiger charge is 2.39. The average Bonchev–Trinajstić information content (AvgIpc) is 3.06. The van der Waals surface area contributed by atoms with Gasteiger partial charge in [-0.25, -0.2) is 4.79 Å². The van der Waals surface area contributed by atoms with E-state index in [2.05, 4.69) is 5.32 Å². The van der Waals surface area contributed by atoms with Crippen LogP contribution in [0, 0.1) is 10.1 Å². The van der Waals surface area contributed by atoms with Crippen LogP contribution in [-0.2, 0) is 4.79 Å². The van der Waals surface area contributed by atoms with Crippen molar-refractivity contribution in [1.29, 1.82) is 0 Å². The van der Waals surface area contributed by atoms with Gasteiger partial charge in [0.2, 0.25) is 0 Å². The lowest BCUT2D eigenvalue weighted by Crippen LogP contribution is -2.44. The lowest BCUT2D eigenvalue weighted by Gasteiger charge is -2.23. The second-order valence-electron chi connectivity index (χ2n) is 6.75. The van der Waals surface area contributed by atoms with Crippen molar-refractivity contribution in [1.82, 2.24) is 5.32 Å². The third kappa shape index (κ3) is 3.23. The molecule has 1 amide bonds. The number of hydrogen-bond donors (Lipinski definition) is 2. The molecule has 0 aliphatic heterocycles. The highest BCUT2D eigenvalue weighted by molar-refractivity contribution is 5.98. The second-order valence-corrected chi connectivity index (χ2v) is 6.75. The van der Waals surface area contributed by atoms with E-state index < -0.39 is 28.8 Å². The van der Waals surface area contributed by atoms with Crippen LogP contribution in [0.15, 0.2) is 72.8 Å². The summed E-state index contributed by atoms with van der Waals surface area (Å²) >= 11 is 0. The van der Waals surface area contributed by atoms with Crippen LogP contribution in [0.4, 0.5) is 5.69 Å². The van der Waals surface area contributed by atoms with Gasteiger partial charge in [0, 0.05) is 23.6 Å². The second kappa shape index (κ2) is 7.20. The standard InChI is InChI=1S/C22H16N2O5/c25-21(13-6-5-7-14(12-13)24(28)29)23-20(22(26)27)19-17-10-3-1-8-15(17)16-9-2-4-11-18(16)19/h1-12,19-20H,(H,23,25)(H,26,27)/t20-/m0/s1. The molecule has 29 heavy (non-hydrogen) atoms. The monoisotopic (exact) mass is 388 g/mol. The first-order valence-corrected chi connectivity index (χ1v) is 8.93. The van der Waals surface area contributed by atoms with Gasteiger partial charge in [0.1, 0.15) is 6.04 Å². The normalized spacial score (nSPS) is 13.2. The molecule has 0 saturated heterocycles. The Morgan fingerprint density at radius 1 is 0.931 bits per heavy atom. The SMILES string of the molecule is O=C(N[C@H](C(=O)O)C1c2ccccc2-c2ccccc21)c1cccc([N+](=O)[O-])c1. The summed E-state index contributed by atoms with van der Waals surface area (Å²) in [6.07, 6.45) is 0. The Bertz CT molecular complexity index is 1100. The molecule has 2 N–H and O–H groups in total. The van der Waals surface area contributed by atoms with Crippen LogP contribution in [0.25, 0.3) is 11.1 Å². The largest absolute Gasteiger partial charge is 0.480 e.